The summed E-state index contributed by atoms with van der Waals surface area (Å²) in [5.41, 5.74) is 14.9. The Labute approximate surface area is 269 Å². The molecule has 0 aliphatic carbocycles. The van der Waals surface area contributed by atoms with E-state index in [4.69, 9.17) is 16.6 Å². The molecule has 8 N–H and O–H groups in total. The van der Waals surface area contributed by atoms with Gasteiger partial charge in [0, 0.05) is 34.7 Å². The summed E-state index contributed by atoms with van der Waals surface area (Å²) in [6.07, 6.45) is 1.17. The lowest BCUT2D eigenvalue weighted by molar-refractivity contribution is -0.127. The number of carbonyl (C=O) groups is 4. The third kappa shape index (κ3) is 11.4. The summed E-state index contributed by atoms with van der Waals surface area (Å²) in [5, 5.41) is 24.2. The van der Waals surface area contributed by atoms with Crippen LogP contribution in [0.2, 0.25) is 0 Å². The largest absolute Gasteiger partial charge is 0.391 e. The van der Waals surface area contributed by atoms with Crippen molar-refractivity contribution in [2.45, 2.75) is 57.2 Å². The quantitative estimate of drug-likeness (QED) is 0.131. The van der Waals surface area contributed by atoms with Crippen LogP contribution in [0, 0.1) is 17.8 Å². The highest BCUT2D eigenvalue weighted by atomic mass is 16.3. The predicted molar refractivity (Wildman–Crippen MR) is 177 cm³/mol. The van der Waals surface area contributed by atoms with Crippen molar-refractivity contribution in [1.82, 2.24) is 5.32 Å². The Hall–Kier alpha value is -4.66. The Balaban J connectivity index is 1.63. The van der Waals surface area contributed by atoms with E-state index in [1.165, 1.54) is 6.92 Å². The summed E-state index contributed by atoms with van der Waals surface area (Å²) in [6.45, 7) is 1.01. The second-order valence-electron chi connectivity index (χ2n) is 11.1. The highest BCUT2D eigenvalue weighted by Gasteiger charge is 2.26. The van der Waals surface area contributed by atoms with E-state index in [0.717, 1.165) is 5.56 Å². The van der Waals surface area contributed by atoms with Gasteiger partial charge in [-0.1, -0.05) is 42.2 Å². The number of anilines is 1. The highest BCUT2D eigenvalue weighted by molar-refractivity contribution is 5.98. The molecule has 0 spiro atoms. The lowest BCUT2D eigenvalue weighted by Gasteiger charge is -2.19. The van der Waals surface area contributed by atoms with Gasteiger partial charge in [-0.25, -0.2) is 0 Å². The van der Waals surface area contributed by atoms with Gasteiger partial charge in [-0.15, -0.1) is 0 Å². The van der Waals surface area contributed by atoms with E-state index in [2.05, 4.69) is 22.5 Å². The first-order chi connectivity index (χ1) is 22.1. The molecule has 0 aliphatic rings. The average Bonchev–Trinajstić information content (AvgIpc) is 3.07. The van der Waals surface area contributed by atoms with Gasteiger partial charge in [0.1, 0.15) is 18.4 Å². The number of benzene rings is 3. The molecule has 46 heavy (non-hydrogen) atoms. The number of rotatable bonds is 16. The zero-order valence-electron chi connectivity index (χ0n) is 25.9. The van der Waals surface area contributed by atoms with E-state index < -0.39 is 42.4 Å². The first kappa shape index (κ1) is 35.8. The molecule has 3 aromatic rings. The molecule has 0 radical (unpaired) electrons. The summed E-state index contributed by atoms with van der Waals surface area (Å²) in [5.74, 6) is 3.86. The number of nitrogens with one attached hydrogen (secondary N) is 2. The molecule has 0 unspecified atom stereocenters. The summed E-state index contributed by atoms with van der Waals surface area (Å²) in [6, 6.07) is 21.4. The fourth-order valence-corrected chi connectivity index (χ4v) is 4.73. The molecule has 242 valence electrons. The number of carbonyl (C=O) groups excluding carboxylic acids is 4. The monoisotopic (exact) mass is 626 g/mol. The molecule has 0 saturated carbocycles. The number of aryl methyl sites for hydroxylation is 1. The lowest BCUT2D eigenvalue weighted by Crippen LogP contribution is -2.48. The van der Waals surface area contributed by atoms with Crippen LogP contribution < -0.4 is 22.1 Å². The maximum Gasteiger partial charge on any atom is 0.251 e. The molecule has 0 saturated heterocycles. The van der Waals surface area contributed by atoms with Crippen LogP contribution >= 0.6 is 0 Å². The Morgan fingerprint density at radius 2 is 1.46 bits per heavy atom. The van der Waals surface area contributed by atoms with Crippen LogP contribution in [0.4, 0.5) is 5.69 Å². The number of hydrogen-bond donors (Lipinski definition) is 6. The summed E-state index contributed by atoms with van der Waals surface area (Å²) < 4.78 is 0. The minimum Gasteiger partial charge on any atom is -0.391 e. The summed E-state index contributed by atoms with van der Waals surface area (Å²) in [4.78, 5) is 50.4. The van der Waals surface area contributed by atoms with Gasteiger partial charge >= 0.3 is 0 Å². The smallest absolute Gasteiger partial charge is 0.251 e. The Bertz CT molecular complexity index is 1510. The van der Waals surface area contributed by atoms with E-state index in [1.54, 1.807) is 48.5 Å². The van der Waals surface area contributed by atoms with Gasteiger partial charge in [0.05, 0.1) is 12.1 Å². The number of ketones is 2. The zero-order chi connectivity index (χ0) is 33.5. The zero-order valence-corrected chi connectivity index (χ0v) is 25.9. The van der Waals surface area contributed by atoms with Crippen LogP contribution in [0.3, 0.4) is 0 Å². The Morgan fingerprint density at radius 3 is 2.02 bits per heavy atom. The highest BCUT2D eigenvalue weighted by Crippen LogP contribution is 2.19. The van der Waals surface area contributed by atoms with Gasteiger partial charge in [-0.05, 0) is 93.2 Å². The summed E-state index contributed by atoms with van der Waals surface area (Å²) >= 11 is 0. The molecule has 0 fully saturated rings. The van der Waals surface area contributed by atoms with Gasteiger partial charge in [-0.3, -0.25) is 19.2 Å². The second kappa shape index (κ2) is 18.3. The van der Waals surface area contributed by atoms with E-state index in [1.807, 2.05) is 30.3 Å². The number of hydrogen-bond acceptors (Lipinski definition) is 8. The molecular weight excluding hydrogens is 584 g/mol. The van der Waals surface area contributed by atoms with Crippen molar-refractivity contribution in [1.29, 1.82) is 0 Å². The van der Waals surface area contributed by atoms with Gasteiger partial charge < -0.3 is 32.3 Å². The second-order valence-corrected chi connectivity index (χ2v) is 11.1. The number of aliphatic hydroxyl groups is 2. The van der Waals surface area contributed by atoms with Crippen molar-refractivity contribution in [3.63, 3.8) is 0 Å². The molecule has 0 aliphatic heterocycles. The Morgan fingerprint density at radius 1 is 0.848 bits per heavy atom. The maximum atomic E-state index is 13.3. The first-order valence-corrected chi connectivity index (χ1v) is 15.3. The molecule has 2 amide bonds. The normalized spacial score (nSPS) is 13.3. The molecule has 3 rings (SSSR count). The maximum absolute atomic E-state index is 13.3. The molecule has 4 atom stereocenters. The number of aliphatic hydroxyl groups excluding tert-OH is 2. The molecule has 0 aromatic heterocycles. The molecular formula is C36H42N4O6. The molecule has 10 heteroatoms. The van der Waals surface area contributed by atoms with Gasteiger partial charge in [0.25, 0.3) is 5.91 Å². The van der Waals surface area contributed by atoms with Crippen LogP contribution in [0.25, 0.3) is 0 Å². The molecule has 3 aromatic carbocycles. The molecule has 0 heterocycles. The number of nitrogens with two attached hydrogens (primary N) is 2. The van der Waals surface area contributed by atoms with Crippen LogP contribution in [0.1, 0.15) is 59.7 Å². The minimum atomic E-state index is -1.21. The van der Waals surface area contributed by atoms with Crippen LogP contribution in [-0.4, -0.2) is 64.9 Å². The third-order valence-electron chi connectivity index (χ3n) is 7.50. The van der Waals surface area contributed by atoms with Crippen molar-refractivity contribution in [3.8, 4) is 11.8 Å². The predicted octanol–water partition coefficient (Wildman–Crippen LogP) is 2.34. The van der Waals surface area contributed by atoms with Gasteiger partial charge in [0.2, 0.25) is 5.91 Å². The fourth-order valence-electron chi connectivity index (χ4n) is 4.73. The van der Waals surface area contributed by atoms with Crippen molar-refractivity contribution in [2.24, 2.45) is 17.4 Å². The van der Waals surface area contributed by atoms with Crippen LogP contribution in [0.15, 0.2) is 78.9 Å². The van der Waals surface area contributed by atoms with Crippen LogP contribution in [-0.2, 0) is 20.8 Å². The number of Topliss-reactive ketones (excluding diaryl/α,β-unsaturated/α-hetero) is 2. The fraction of sp³-hybridized carbons (Fsp3) is 0.333. The van der Waals surface area contributed by atoms with E-state index in [-0.39, 0.29) is 23.7 Å². The minimum absolute atomic E-state index is 0.0519. The molecule has 10 nitrogen and oxygen atoms in total. The van der Waals surface area contributed by atoms with Crippen molar-refractivity contribution in [3.05, 3.63) is 101 Å². The van der Waals surface area contributed by atoms with Crippen LogP contribution in [0.5, 0.6) is 0 Å². The number of amides is 2. The topological polar surface area (TPSA) is 185 Å². The van der Waals surface area contributed by atoms with Crippen molar-refractivity contribution < 1.29 is 29.4 Å². The van der Waals surface area contributed by atoms with E-state index >= 15 is 0 Å². The average molecular weight is 627 g/mol. The Kier molecular flexibility index (Phi) is 14.3. The SMILES string of the molecule is C[C@@H](O)[C@H](NC(=O)c1ccc(C#Cc2ccc(NC(=O)[C@@H](CCc3ccccc3)CC(=O)[C@H](N)CCCN)cc2)cc1)C(=O)CO. The van der Waals surface area contributed by atoms with Gasteiger partial charge in [0.15, 0.2) is 5.78 Å². The van der Waals surface area contributed by atoms with Gasteiger partial charge in [-0.2, -0.15) is 0 Å². The third-order valence-corrected chi connectivity index (χ3v) is 7.50. The van der Waals surface area contributed by atoms with Crippen molar-refractivity contribution in [2.75, 3.05) is 18.5 Å². The first-order valence-electron chi connectivity index (χ1n) is 15.3. The van der Waals surface area contributed by atoms with E-state index in [9.17, 15) is 24.3 Å². The molecule has 0 bridgehead atoms. The lowest BCUT2D eigenvalue weighted by atomic mass is 9.90. The summed E-state index contributed by atoms with van der Waals surface area (Å²) in [7, 11) is 0. The van der Waals surface area contributed by atoms with Crippen molar-refractivity contribution >= 4 is 29.1 Å². The standard InChI is InChI=1S/C36H42N4O6/c1-24(42)34(33(44)23-41)40-35(45)28-16-11-26(12-17-28)9-10-27-14-19-30(20-15-27)39-36(46)29(18-13-25-6-3-2-4-7-25)22-32(43)31(38)8-5-21-37/h2-4,6-7,11-12,14-17,19-20,24,29,31,34,41-42H,5,8,13,18,21-23,37-38H2,1H3,(H,39,46)(H,40,45)/t24-,29+,31-,34+/m1/s1. The van der Waals surface area contributed by atoms with E-state index in [0.29, 0.717) is 49.0 Å².